The molecule has 1 amide bonds. The predicted molar refractivity (Wildman–Crippen MR) is 105 cm³/mol. The summed E-state index contributed by atoms with van der Waals surface area (Å²) in [5.41, 5.74) is 1.01. The first-order valence-electron chi connectivity index (χ1n) is 9.16. The smallest absolute Gasteiger partial charge is 0.242 e. The first-order valence-corrected chi connectivity index (χ1v) is 10.8. The van der Waals surface area contributed by atoms with Crippen LogP contribution in [0, 0.1) is 0 Å². The van der Waals surface area contributed by atoms with E-state index >= 15 is 0 Å². The first kappa shape index (κ1) is 17.8. The van der Waals surface area contributed by atoms with E-state index in [1.54, 1.807) is 35.2 Å². The zero-order valence-electron chi connectivity index (χ0n) is 15.0. The molecule has 2 heterocycles. The number of para-hydroxylation sites is 1. The quantitative estimate of drug-likeness (QED) is 0.681. The number of carbonyl (C=O) groups excluding carboxylic acids is 1. The summed E-state index contributed by atoms with van der Waals surface area (Å²) in [4.78, 5) is 15.0. The van der Waals surface area contributed by atoms with Crippen LogP contribution in [0.25, 0.3) is 10.9 Å². The molecule has 0 radical (unpaired) electrons. The fourth-order valence-corrected chi connectivity index (χ4v) is 5.45. The molecular weight excluding hydrogens is 360 g/mol. The van der Waals surface area contributed by atoms with Crippen molar-refractivity contribution >= 4 is 26.6 Å². The van der Waals surface area contributed by atoms with E-state index in [0.29, 0.717) is 11.4 Å². The Labute approximate surface area is 159 Å². The van der Waals surface area contributed by atoms with Gasteiger partial charge in [-0.1, -0.05) is 36.4 Å². The molecule has 6 heteroatoms. The Morgan fingerprint density at radius 3 is 2.56 bits per heavy atom. The minimum atomic E-state index is -3.41. The van der Waals surface area contributed by atoms with E-state index in [4.69, 9.17) is 0 Å². The fourth-order valence-electron chi connectivity index (χ4n) is 3.83. The Kier molecular flexibility index (Phi) is 4.74. The van der Waals surface area contributed by atoms with Gasteiger partial charge in [-0.15, -0.1) is 0 Å². The van der Waals surface area contributed by atoms with Crippen LogP contribution < -0.4 is 0 Å². The van der Waals surface area contributed by atoms with E-state index in [2.05, 4.69) is 0 Å². The minimum Gasteiger partial charge on any atom is -0.338 e. The third kappa shape index (κ3) is 3.62. The maximum Gasteiger partial charge on any atom is 0.242 e. The lowest BCUT2D eigenvalue weighted by Gasteiger charge is -2.25. The average molecular weight is 382 g/mol. The van der Waals surface area contributed by atoms with Gasteiger partial charge in [-0.3, -0.25) is 4.79 Å². The summed E-state index contributed by atoms with van der Waals surface area (Å²) >= 11 is 0. The number of likely N-dealkylation sites (tertiary alicyclic amines) is 1. The molecule has 0 saturated carbocycles. The van der Waals surface area contributed by atoms with E-state index < -0.39 is 9.84 Å². The molecule has 2 aromatic carbocycles. The molecule has 0 N–H and O–H groups in total. The lowest BCUT2D eigenvalue weighted by atomic mass is 10.2. The average Bonchev–Trinajstić information content (AvgIpc) is 3.29. The van der Waals surface area contributed by atoms with Crippen molar-refractivity contribution in [2.75, 3.05) is 12.3 Å². The third-order valence-electron chi connectivity index (χ3n) is 5.20. The number of benzene rings is 2. The molecule has 3 aromatic rings. The highest BCUT2D eigenvalue weighted by atomic mass is 32.2. The van der Waals surface area contributed by atoms with Crippen LogP contribution in [0.15, 0.2) is 71.8 Å². The summed E-state index contributed by atoms with van der Waals surface area (Å²) < 4.78 is 27.3. The van der Waals surface area contributed by atoms with Crippen LogP contribution in [0.2, 0.25) is 0 Å². The molecule has 0 bridgehead atoms. The molecule has 1 aliphatic heterocycles. The molecule has 0 aliphatic carbocycles. The van der Waals surface area contributed by atoms with E-state index in [1.807, 2.05) is 41.1 Å². The molecule has 1 aliphatic rings. The number of carbonyl (C=O) groups is 1. The lowest BCUT2D eigenvalue weighted by Crippen LogP contribution is -2.41. The minimum absolute atomic E-state index is 0.0187. The zero-order chi connectivity index (χ0) is 18.9. The van der Waals surface area contributed by atoms with Gasteiger partial charge in [0.1, 0.15) is 6.54 Å². The number of fused-ring (bicyclic) bond motifs is 1. The molecule has 1 saturated heterocycles. The highest BCUT2D eigenvalue weighted by Crippen LogP contribution is 2.23. The normalized spacial score (nSPS) is 17.5. The number of hydrogen-bond donors (Lipinski definition) is 0. The molecule has 0 spiro atoms. The first-order chi connectivity index (χ1) is 13.0. The largest absolute Gasteiger partial charge is 0.338 e. The number of amides is 1. The molecule has 1 fully saturated rings. The summed E-state index contributed by atoms with van der Waals surface area (Å²) in [6.45, 7) is 0.850. The van der Waals surface area contributed by atoms with Gasteiger partial charge in [0.25, 0.3) is 0 Å². The van der Waals surface area contributed by atoms with Gasteiger partial charge in [-0.2, -0.15) is 0 Å². The second-order valence-electron chi connectivity index (χ2n) is 6.98. The summed E-state index contributed by atoms with van der Waals surface area (Å²) in [5.74, 6) is -0.0445. The van der Waals surface area contributed by atoms with Gasteiger partial charge in [0.15, 0.2) is 9.84 Å². The van der Waals surface area contributed by atoms with E-state index in [9.17, 15) is 13.2 Å². The highest BCUT2D eigenvalue weighted by molar-refractivity contribution is 7.91. The topological polar surface area (TPSA) is 59.4 Å². The Morgan fingerprint density at radius 2 is 1.74 bits per heavy atom. The molecular formula is C21H22N2O3S. The molecule has 5 nitrogen and oxygen atoms in total. The number of sulfone groups is 1. The summed E-state index contributed by atoms with van der Waals surface area (Å²) in [5, 5.41) is 1.09. The zero-order valence-corrected chi connectivity index (χ0v) is 15.8. The molecule has 1 unspecified atom stereocenters. The number of rotatable bonds is 5. The monoisotopic (exact) mass is 382 g/mol. The second-order valence-corrected chi connectivity index (χ2v) is 9.01. The van der Waals surface area contributed by atoms with Gasteiger partial charge in [0.05, 0.1) is 10.6 Å². The maximum atomic E-state index is 12.9. The Bertz CT molecular complexity index is 1060. The van der Waals surface area contributed by atoms with Crippen LogP contribution in [0.5, 0.6) is 0 Å². The second kappa shape index (κ2) is 7.19. The van der Waals surface area contributed by atoms with E-state index in [1.165, 1.54) is 0 Å². The summed E-state index contributed by atoms with van der Waals surface area (Å²) in [7, 11) is -3.41. The van der Waals surface area contributed by atoms with Crippen LogP contribution in [-0.2, 0) is 21.2 Å². The van der Waals surface area contributed by atoms with Gasteiger partial charge in [0.2, 0.25) is 5.91 Å². The summed E-state index contributed by atoms with van der Waals surface area (Å²) in [6, 6.07) is 18.1. The Hall–Kier alpha value is -2.60. The summed E-state index contributed by atoms with van der Waals surface area (Å²) in [6.07, 6.45) is 3.48. The van der Waals surface area contributed by atoms with Gasteiger partial charge >= 0.3 is 0 Å². The predicted octanol–water partition coefficient (Wildman–Crippen LogP) is 3.11. The molecule has 1 aromatic heterocycles. The molecule has 4 rings (SSSR count). The lowest BCUT2D eigenvalue weighted by molar-refractivity contribution is -0.132. The van der Waals surface area contributed by atoms with E-state index in [-0.39, 0.29) is 24.2 Å². The maximum absolute atomic E-state index is 12.9. The third-order valence-corrected chi connectivity index (χ3v) is 7.01. The molecule has 140 valence electrons. The van der Waals surface area contributed by atoms with Gasteiger partial charge < -0.3 is 9.47 Å². The Balaban J connectivity index is 1.50. The van der Waals surface area contributed by atoms with E-state index in [0.717, 1.165) is 23.7 Å². The van der Waals surface area contributed by atoms with Crippen molar-refractivity contribution in [3.05, 3.63) is 66.9 Å². The van der Waals surface area contributed by atoms with Gasteiger partial charge in [-0.25, -0.2) is 8.42 Å². The van der Waals surface area contributed by atoms with Crippen molar-refractivity contribution in [2.24, 2.45) is 0 Å². The van der Waals surface area contributed by atoms with Crippen molar-refractivity contribution in [2.45, 2.75) is 30.3 Å². The highest BCUT2D eigenvalue weighted by Gasteiger charge is 2.33. The van der Waals surface area contributed by atoms with Crippen LogP contribution in [-0.4, -0.2) is 42.1 Å². The van der Waals surface area contributed by atoms with Crippen LogP contribution >= 0.6 is 0 Å². The standard InChI is InChI=1S/C21H22N2O3S/c24-21(15-22-14-12-17-7-4-5-11-20(17)22)23-13-6-8-18(23)16-27(25,26)19-9-2-1-3-10-19/h1-5,7,9-12,14,18H,6,8,13,15-16H2. The fraction of sp³-hybridized carbons (Fsp3) is 0.286. The van der Waals surface area contributed by atoms with Crippen molar-refractivity contribution in [1.82, 2.24) is 9.47 Å². The Morgan fingerprint density at radius 1 is 1.00 bits per heavy atom. The van der Waals surface area contributed by atoms with Crippen molar-refractivity contribution in [3.8, 4) is 0 Å². The van der Waals surface area contributed by atoms with Crippen molar-refractivity contribution in [1.29, 1.82) is 0 Å². The van der Waals surface area contributed by atoms with Crippen molar-refractivity contribution < 1.29 is 13.2 Å². The van der Waals surface area contributed by atoms with Crippen LogP contribution in [0.3, 0.4) is 0 Å². The van der Waals surface area contributed by atoms with Crippen molar-refractivity contribution in [3.63, 3.8) is 0 Å². The van der Waals surface area contributed by atoms with Gasteiger partial charge in [-0.05, 0) is 42.5 Å². The number of hydrogen-bond acceptors (Lipinski definition) is 3. The SMILES string of the molecule is O=C(Cn1ccc2ccccc21)N1CCCC1CS(=O)(=O)c1ccccc1. The molecule has 27 heavy (non-hydrogen) atoms. The molecule has 1 atom stereocenters. The van der Waals surface area contributed by atoms with Crippen LogP contribution in [0.4, 0.5) is 0 Å². The van der Waals surface area contributed by atoms with Crippen LogP contribution in [0.1, 0.15) is 12.8 Å². The van der Waals surface area contributed by atoms with Gasteiger partial charge in [0, 0.05) is 24.3 Å². The number of aromatic nitrogens is 1. The number of nitrogens with zero attached hydrogens (tertiary/aromatic N) is 2.